The zero-order valence-corrected chi connectivity index (χ0v) is 16.1. The molecule has 29 heavy (non-hydrogen) atoms. The monoisotopic (exact) mass is 421 g/mol. The van der Waals surface area contributed by atoms with Gasteiger partial charge in [0.1, 0.15) is 5.84 Å². The summed E-state index contributed by atoms with van der Waals surface area (Å²) in [5, 5.41) is 3.48. The number of carbonyl (C=O) groups is 2. The minimum Gasteiger partial charge on any atom is -0.311 e. The molecule has 0 saturated heterocycles. The molecule has 1 aromatic heterocycles. The number of rotatable bonds is 4. The van der Waals surface area contributed by atoms with Gasteiger partial charge in [0.25, 0.3) is 11.8 Å². The van der Waals surface area contributed by atoms with Crippen LogP contribution in [0.1, 0.15) is 40.9 Å². The molecular weight excluding hydrogens is 403 g/mol. The molecule has 2 aromatic rings. The van der Waals surface area contributed by atoms with Gasteiger partial charge in [0.05, 0.1) is 4.88 Å². The predicted molar refractivity (Wildman–Crippen MR) is 103 cm³/mol. The molecule has 9 heteroatoms. The number of thiophene rings is 1. The third-order valence-electron chi connectivity index (χ3n) is 5.20. The van der Waals surface area contributed by atoms with Crippen molar-refractivity contribution in [1.29, 1.82) is 0 Å². The topological polar surface area (TPSA) is 61.8 Å². The molecule has 1 aliphatic heterocycles. The van der Waals surface area contributed by atoms with Crippen molar-refractivity contribution in [1.82, 2.24) is 10.2 Å². The Hall–Kier alpha value is -2.68. The van der Waals surface area contributed by atoms with Crippen LogP contribution in [-0.2, 0) is 4.79 Å². The van der Waals surface area contributed by atoms with Gasteiger partial charge in [0.2, 0.25) is 0 Å². The van der Waals surface area contributed by atoms with Crippen LogP contribution in [0.4, 0.5) is 13.2 Å². The molecule has 1 aliphatic carbocycles. The summed E-state index contributed by atoms with van der Waals surface area (Å²) in [6.07, 6.45) is -2.23. The first-order valence-corrected chi connectivity index (χ1v) is 10.1. The SMILES string of the molecule is O=C(N[C@@]1(C(F)(F)F)N=C(c2ccccc2)N(C2CCCC2)C1=O)c1cccs1. The Morgan fingerprint density at radius 2 is 1.83 bits per heavy atom. The summed E-state index contributed by atoms with van der Waals surface area (Å²) < 4.78 is 42.8. The zero-order valence-electron chi connectivity index (χ0n) is 15.3. The summed E-state index contributed by atoms with van der Waals surface area (Å²) in [4.78, 5) is 30.8. The zero-order chi connectivity index (χ0) is 20.6. The van der Waals surface area contributed by atoms with E-state index in [1.807, 2.05) is 5.32 Å². The summed E-state index contributed by atoms with van der Waals surface area (Å²) in [5.41, 5.74) is -2.92. The van der Waals surface area contributed by atoms with Gasteiger partial charge in [-0.25, -0.2) is 4.99 Å². The molecule has 1 N–H and O–H groups in total. The first-order chi connectivity index (χ1) is 13.8. The lowest BCUT2D eigenvalue weighted by atomic mass is 10.1. The van der Waals surface area contributed by atoms with Crippen LogP contribution < -0.4 is 5.32 Å². The van der Waals surface area contributed by atoms with E-state index in [2.05, 4.69) is 4.99 Å². The van der Waals surface area contributed by atoms with E-state index in [1.54, 1.807) is 41.8 Å². The van der Waals surface area contributed by atoms with Crippen molar-refractivity contribution in [3.8, 4) is 0 Å². The van der Waals surface area contributed by atoms with Crippen LogP contribution >= 0.6 is 11.3 Å². The van der Waals surface area contributed by atoms with Crippen LogP contribution in [0.2, 0.25) is 0 Å². The molecule has 0 radical (unpaired) electrons. The van der Waals surface area contributed by atoms with Crippen LogP contribution in [0, 0.1) is 0 Å². The van der Waals surface area contributed by atoms with Crippen LogP contribution in [0.5, 0.6) is 0 Å². The van der Waals surface area contributed by atoms with Gasteiger partial charge in [0, 0.05) is 11.6 Å². The van der Waals surface area contributed by atoms with Crippen molar-refractivity contribution < 1.29 is 22.8 Å². The van der Waals surface area contributed by atoms with Crippen molar-refractivity contribution in [2.45, 2.75) is 43.6 Å². The quantitative estimate of drug-likeness (QED) is 0.812. The summed E-state index contributed by atoms with van der Waals surface area (Å²) in [6, 6.07) is 10.9. The van der Waals surface area contributed by atoms with Crippen molar-refractivity contribution in [3.05, 3.63) is 58.3 Å². The second-order valence-corrected chi connectivity index (χ2v) is 8.00. The van der Waals surface area contributed by atoms with E-state index in [4.69, 9.17) is 0 Å². The highest BCUT2D eigenvalue weighted by atomic mass is 32.1. The van der Waals surface area contributed by atoms with Crippen molar-refractivity contribution in [2.24, 2.45) is 4.99 Å². The molecule has 2 amide bonds. The second kappa shape index (κ2) is 7.29. The fraction of sp³-hybridized carbons (Fsp3) is 0.350. The van der Waals surface area contributed by atoms with E-state index in [9.17, 15) is 22.8 Å². The van der Waals surface area contributed by atoms with Crippen molar-refractivity contribution in [2.75, 3.05) is 0 Å². The van der Waals surface area contributed by atoms with Gasteiger partial charge >= 0.3 is 11.8 Å². The summed E-state index contributed by atoms with van der Waals surface area (Å²) in [5.74, 6) is -2.28. The lowest BCUT2D eigenvalue weighted by Gasteiger charge is -2.31. The minimum atomic E-state index is -5.09. The molecular formula is C20H18F3N3O2S. The number of halogens is 3. The maximum Gasteiger partial charge on any atom is 0.442 e. The lowest BCUT2D eigenvalue weighted by molar-refractivity contribution is -0.196. The Bertz CT molecular complexity index is 938. The normalized spacial score (nSPS) is 22.8. The Morgan fingerprint density at radius 3 is 2.41 bits per heavy atom. The average Bonchev–Trinajstić information content (AvgIpc) is 3.43. The fourth-order valence-corrected chi connectivity index (χ4v) is 4.41. The van der Waals surface area contributed by atoms with Crippen LogP contribution in [-0.4, -0.2) is 40.4 Å². The molecule has 0 unspecified atom stereocenters. The molecule has 2 heterocycles. The molecule has 0 bridgehead atoms. The van der Waals surface area contributed by atoms with E-state index in [-0.39, 0.29) is 16.8 Å². The van der Waals surface area contributed by atoms with E-state index in [0.717, 1.165) is 29.1 Å². The first-order valence-electron chi connectivity index (χ1n) is 9.25. The highest BCUT2D eigenvalue weighted by Gasteiger charge is 2.68. The predicted octanol–water partition coefficient (Wildman–Crippen LogP) is 3.97. The fourth-order valence-electron chi connectivity index (χ4n) is 3.79. The molecule has 1 saturated carbocycles. The van der Waals surface area contributed by atoms with E-state index in [0.29, 0.717) is 18.4 Å². The minimum absolute atomic E-state index is 0.0497. The van der Waals surface area contributed by atoms with Gasteiger partial charge in [-0.3, -0.25) is 14.5 Å². The highest BCUT2D eigenvalue weighted by molar-refractivity contribution is 7.12. The van der Waals surface area contributed by atoms with Gasteiger partial charge in [-0.2, -0.15) is 13.2 Å². The van der Waals surface area contributed by atoms with Gasteiger partial charge in [0.15, 0.2) is 0 Å². The lowest BCUT2D eigenvalue weighted by Crippen LogP contribution is -2.64. The smallest absolute Gasteiger partial charge is 0.311 e. The number of hydrogen-bond acceptors (Lipinski definition) is 4. The largest absolute Gasteiger partial charge is 0.442 e. The highest BCUT2D eigenvalue weighted by Crippen LogP contribution is 2.41. The number of carbonyl (C=O) groups excluding carboxylic acids is 2. The Balaban J connectivity index is 1.82. The number of amidine groups is 1. The number of hydrogen-bond donors (Lipinski definition) is 1. The Labute approximate surface area is 169 Å². The second-order valence-electron chi connectivity index (χ2n) is 7.05. The third kappa shape index (κ3) is 3.33. The number of alkyl halides is 3. The summed E-state index contributed by atoms with van der Waals surface area (Å²) >= 11 is 0.995. The van der Waals surface area contributed by atoms with Gasteiger partial charge < -0.3 is 5.32 Å². The van der Waals surface area contributed by atoms with E-state index < -0.39 is 23.7 Å². The summed E-state index contributed by atoms with van der Waals surface area (Å²) in [7, 11) is 0. The van der Waals surface area contributed by atoms with Crippen LogP contribution in [0.25, 0.3) is 0 Å². The molecule has 152 valence electrons. The maximum atomic E-state index is 14.3. The molecule has 5 nitrogen and oxygen atoms in total. The van der Waals surface area contributed by atoms with Gasteiger partial charge in [-0.15, -0.1) is 11.3 Å². The van der Waals surface area contributed by atoms with E-state index >= 15 is 0 Å². The third-order valence-corrected chi connectivity index (χ3v) is 6.07. The van der Waals surface area contributed by atoms with Crippen molar-refractivity contribution >= 4 is 29.0 Å². The number of nitrogens with zero attached hydrogens (tertiary/aromatic N) is 2. The molecule has 0 spiro atoms. The van der Waals surface area contributed by atoms with Gasteiger partial charge in [-0.05, 0) is 24.3 Å². The molecule has 1 fully saturated rings. The van der Waals surface area contributed by atoms with Crippen molar-refractivity contribution in [3.63, 3.8) is 0 Å². The first kappa shape index (κ1) is 19.6. The van der Waals surface area contributed by atoms with E-state index in [1.165, 1.54) is 6.07 Å². The molecule has 4 rings (SSSR count). The summed E-state index contributed by atoms with van der Waals surface area (Å²) in [6.45, 7) is 0. The maximum absolute atomic E-state index is 14.3. The molecule has 1 atom stereocenters. The molecule has 1 aromatic carbocycles. The van der Waals surface area contributed by atoms with Gasteiger partial charge in [-0.1, -0.05) is 49.2 Å². The van der Waals surface area contributed by atoms with Crippen LogP contribution in [0.15, 0.2) is 52.8 Å². The number of aliphatic imine (C=N–C) groups is 1. The number of benzene rings is 1. The standard InChI is InChI=1S/C20H18F3N3O2S/c21-20(22,23)19(25-17(27)15-11-6-12-29-15)18(28)26(14-9-4-5-10-14)16(24-19)13-7-2-1-3-8-13/h1-3,6-8,11-12,14H,4-5,9-10H2,(H,25,27)/t19-/m0/s1. The molecule has 2 aliphatic rings. The average molecular weight is 421 g/mol. The number of amides is 2. The number of nitrogens with one attached hydrogen (secondary N) is 1. The Kier molecular flexibility index (Phi) is 4.94. The Morgan fingerprint density at radius 1 is 1.14 bits per heavy atom. The van der Waals surface area contributed by atoms with Crippen LogP contribution in [0.3, 0.4) is 0 Å².